The Morgan fingerprint density at radius 3 is 1.58 bits per heavy atom. The summed E-state index contributed by atoms with van der Waals surface area (Å²) < 4.78 is 2.23. The first kappa shape index (κ1) is 33.6. The first-order chi connectivity index (χ1) is 29.1. The molecule has 0 saturated heterocycles. The molecule has 0 aliphatic rings. The molecule has 0 amide bonds. The molecular weight excluding hydrogens is 713 g/mol. The van der Waals surface area contributed by atoms with Gasteiger partial charge in [-0.05, 0) is 129 Å². The van der Waals surface area contributed by atoms with Gasteiger partial charge in [0.25, 0.3) is 0 Å². The van der Waals surface area contributed by atoms with E-state index in [1.807, 2.05) is 0 Å². The van der Waals surface area contributed by atoms with E-state index in [1.165, 1.54) is 109 Å². The smallest absolute Gasteiger partial charge is 0.142 e. The van der Waals surface area contributed by atoms with Gasteiger partial charge in [0, 0.05) is 12.6 Å². The number of nitrogens with zero attached hydrogens (tertiary/aromatic N) is 2. The molecule has 276 valence electrons. The van der Waals surface area contributed by atoms with Gasteiger partial charge in [-0.15, -0.1) is 0 Å². The van der Waals surface area contributed by atoms with Crippen molar-refractivity contribution in [2.75, 3.05) is 0 Å². The lowest BCUT2D eigenvalue weighted by Gasteiger charge is -2.17. The van der Waals surface area contributed by atoms with E-state index in [4.69, 9.17) is 4.98 Å². The molecule has 0 atom stereocenters. The molecule has 0 aliphatic carbocycles. The van der Waals surface area contributed by atoms with Gasteiger partial charge in [-0.2, -0.15) is 0 Å². The minimum Gasteiger partial charge on any atom is -0.327 e. The third-order valence-electron chi connectivity index (χ3n) is 12.7. The van der Waals surface area contributed by atoms with Crippen molar-refractivity contribution < 1.29 is 0 Å². The van der Waals surface area contributed by atoms with Gasteiger partial charge in [-0.3, -0.25) is 0 Å². The van der Waals surface area contributed by atoms with Gasteiger partial charge >= 0.3 is 0 Å². The molecule has 0 saturated carbocycles. The maximum atomic E-state index is 5.18. The number of para-hydroxylation sites is 2. The highest BCUT2D eigenvalue weighted by Gasteiger charge is 2.21. The van der Waals surface area contributed by atoms with E-state index in [0.717, 1.165) is 16.9 Å². The predicted octanol–water partition coefficient (Wildman–Crippen LogP) is 15.5. The van der Waals surface area contributed by atoms with E-state index >= 15 is 0 Å². The summed E-state index contributed by atoms with van der Waals surface area (Å²) in [4.78, 5) is 5.18. The van der Waals surface area contributed by atoms with Crippen LogP contribution in [0.1, 0.15) is 5.56 Å². The van der Waals surface area contributed by atoms with E-state index in [1.54, 1.807) is 0 Å². The molecule has 2 heteroatoms. The summed E-state index contributed by atoms with van der Waals surface area (Å²) in [6.45, 7) is 2.23. The fourth-order valence-corrected chi connectivity index (χ4v) is 9.96. The molecule has 0 aliphatic heterocycles. The fraction of sp³-hybridized carbons (Fsp3) is 0.0351. The molecule has 0 unspecified atom stereocenters. The number of hydrogen-bond donors (Lipinski definition) is 0. The maximum absolute atomic E-state index is 5.18. The van der Waals surface area contributed by atoms with Crippen molar-refractivity contribution in [3.05, 3.63) is 200 Å². The molecule has 1 aromatic heterocycles. The fourth-order valence-electron chi connectivity index (χ4n) is 9.96. The number of aromatic nitrogens is 2. The van der Waals surface area contributed by atoms with Crippen molar-refractivity contribution in [2.45, 2.75) is 6.92 Å². The number of aryl methyl sites for hydroxylation is 2. The highest BCUT2D eigenvalue weighted by molar-refractivity contribution is 6.23. The Labute approximate surface area is 342 Å². The zero-order valence-electron chi connectivity index (χ0n) is 32.9. The Morgan fingerprint density at radius 2 is 0.898 bits per heavy atom. The van der Waals surface area contributed by atoms with Crippen LogP contribution in [0.3, 0.4) is 0 Å². The summed E-state index contributed by atoms with van der Waals surface area (Å²) in [6.07, 6.45) is 0. The molecule has 0 bridgehead atoms. The SMILES string of the molecule is Cc1cccc2ccc3cccc(-c4cccc5ccc6cc(-c7ccc(-c8c9ccccc9c(-c9nc%10ccccc%10n9C)c9ccccc89)cc7)ccc6c45)c3c12. The first-order valence-electron chi connectivity index (χ1n) is 20.4. The van der Waals surface area contributed by atoms with Crippen molar-refractivity contribution in [1.82, 2.24) is 9.55 Å². The first-order valence-corrected chi connectivity index (χ1v) is 20.4. The van der Waals surface area contributed by atoms with Crippen LogP contribution in [0.15, 0.2) is 194 Å². The third-order valence-corrected chi connectivity index (χ3v) is 12.7. The van der Waals surface area contributed by atoms with Crippen molar-refractivity contribution in [3.8, 4) is 44.8 Å². The van der Waals surface area contributed by atoms with Crippen molar-refractivity contribution in [1.29, 1.82) is 0 Å². The normalized spacial score (nSPS) is 11.9. The van der Waals surface area contributed by atoms with Crippen LogP contribution < -0.4 is 0 Å². The Hall–Kier alpha value is -7.55. The van der Waals surface area contributed by atoms with Gasteiger partial charge in [0.05, 0.1) is 11.0 Å². The largest absolute Gasteiger partial charge is 0.327 e. The van der Waals surface area contributed by atoms with Gasteiger partial charge in [0.15, 0.2) is 0 Å². The lowest BCUT2D eigenvalue weighted by Crippen LogP contribution is -1.96. The van der Waals surface area contributed by atoms with Gasteiger partial charge < -0.3 is 4.57 Å². The van der Waals surface area contributed by atoms with Crippen LogP contribution in [-0.4, -0.2) is 9.55 Å². The average Bonchev–Trinajstić information content (AvgIpc) is 3.62. The Balaban J connectivity index is 0.990. The number of rotatable bonds is 4. The minimum absolute atomic E-state index is 0.984. The third kappa shape index (κ3) is 5.10. The van der Waals surface area contributed by atoms with Crippen molar-refractivity contribution in [2.24, 2.45) is 7.05 Å². The lowest BCUT2D eigenvalue weighted by molar-refractivity contribution is 0.962. The number of imidazole rings is 1. The van der Waals surface area contributed by atoms with Crippen LogP contribution >= 0.6 is 0 Å². The van der Waals surface area contributed by atoms with E-state index in [0.29, 0.717) is 0 Å². The molecule has 11 aromatic carbocycles. The quantitative estimate of drug-likeness (QED) is 0.129. The Morgan fingerprint density at radius 1 is 0.373 bits per heavy atom. The van der Waals surface area contributed by atoms with Crippen LogP contribution in [0.4, 0.5) is 0 Å². The summed E-state index contributed by atoms with van der Waals surface area (Å²) >= 11 is 0. The van der Waals surface area contributed by atoms with Gasteiger partial charge in [-0.25, -0.2) is 4.98 Å². The molecular formula is C57H38N2. The second kappa shape index (κ2) is 13.0. The minimum atomic E-state index is 0.984. The average molecular weight is 751 g/mol. The highest BCUT2D eigenvalue weighted by atomic mass is 15.1. The summed E-state index contributed by atoms with van der Waals surface area (Å²) in [5, 5.41) is 15.1. The van der Waals surface area contributed by atoms with Crippen LogP contribution in [0, 0.1) is 6.92 Å². The number of benzene rings is 11. The standard InChI is InChI=1S/C57H38N2/c1-35-12-9-13-37-28-29-39-15-11-21-47(55(39)52(35)37)46-20-10-14-38-30-31-42-34-41(32-33-43(42)53(38)46)36-24-26-40(27-25-36)54-44-16-3-5-18-48(44)56(49-19-6-4-17-45(49)54)57-58-50-22-7-8-23-51(50)59(57)2/h3-34H,1-2H3. The number of hydrogen-bond acceptors (Lipinski definition) is 1. The number of fused-ring (bicyclic) bond motifs is 9. The van der Waals surface area contributed by atoms with Gasteiger partial charge in [0.1, 0.15) is 5.82 Å². The topological polar surface area (TPSA) is 17.8 Å². The molecule has 12 rings (SSSR count). The monoisotopic (exact) mass is 750 g/mol. The van der Waals surface area contributed by atoms with Crippen LogP contribution in [0.2, 0.25) is 0 Å². The molecule has 2 nitrogen and oxygen atoms in total. The van der Waals surface area contributed by atoms with E-state index < -0.39 is 0 Å². The molecule has 0 fully saturated rings. The van der Waals surface area contributed by atoms with E-state index in [-0.39, 0.29) is 0 Å². The van der Waals surface area contributed by atoms with Crippen LogP contribution in [0.25, 0.3) is 120 Å². The second-order valence-electron chi connectivity index (χ2n) is 15.9. The maximum Gasteiger partial charge on any atom is 0.142 e. The van der Waals surface area contributed by atoms with Crippen LogP contribution in [0.5, 0.6) is 0 Å². The molecule has 1 heterocycles. The Bertz CT molecular complexity index is 3620. The highest BCUT2D eigenvalue weighted by Crippen LogP contribution is 2.45. The summed E-state index contributed by atoms with van der Waals surface area (Å²) in [7, 11) is 2.13. The van der Waals surface area contributed by atoms with E-state index in [9.17, 15) is 0 Å². The predicted molar refractivity (Wildman–Crippen MR) is 252 cm³/mol. The summed E-state index contributed by atoms with van der Waals surface area (Å²) in [6, 6.07) is 71.4. The van der Waals surface area contributed by atoms with Gasteiger partial charge in [0.2, 0.25) is 0 Å². The molecule has 59 heavy (non-hydrogen) atoms. The zero-order valence-corrected chi connectivity index (χ0v) is 32.9. The van der Waals surface area contributed by atoms with Crippen LogP contribution in [-0.2, 0) is 7.05 Å². The van der Waals surface area contributed by atoms with Crippen molar-refractivity contribution in [3.63, 3.8) is 0 Å². The molecule has 0 N–H and O–H groups in total. The van der Waals surface area contributed by atoms with E-state index in [2.05, 4.69) is 213 Å². The lowest BCUT2D eigenvalue weighted by atomic mass is 9.87. The second-order valence-corrected chi connectivity index (χ2v) is 15.9. The molecule has 0 spiro atoms. The van der Waals surface area contributed by atoms with Gasteiger partial charge in [-0.1, -0.05) is 176 Å². The summed E-state index contributed by atoms with van der Waals surface area (Å²) in [5.41, 5.74) is 12.0. The zero-order chi connectivity index (χ0) is 39.2. The summed E-state index contributed by atoms with van der Waals surface area (Å²) in [5.74, 6) is 0.984. The van der Waals surface area contributed by atoms with Crippen molar-refractivity contribution >= 4 is 75.7 Å². The Kier molecular flexibility index (Phi) is 7.39. The molecule has 0 radical (unpaired) electrons. The molecule has 12 aromatic rings.